The highest BCUT2D eigenvalue weighted by molar-refractivity contribution is 6.43. The van der Waals surface area contributed by atoms with Crippen LogP contribution < -0.4 is 4.74 Å². The maximum atomic E-state index is 13.5. The maximum absolute atomic E-state index is 13.5. The van der Waals surface area contributed by atoms with E-state index in [0.717, 1.165) is 5.56 Å². The molecule has 8 heteroatoms. The number of carbonyl (C=O) groups is 1. The molecule has 30 heavy (non-hydrogen) atoms. The van der Waals surface area contributed by atoms with Crippen molar-refractivity contribution in [2.75, 3.05) is 20.8 Å². The van der Waals surface area contributed by atoms with Crippen molar-refractivity contribution < 1.29 is 28.3 Å². The standard InChI is InChI=1S/C22H25FN2O5/c1-6-29-20-12-16(23)10-11-17(20)15(3)24-30-13-19-14(2)8-7-9-18(19)21(25-28-5)22(26)27-4/h7-12H,6,13H2,1-5H3/b24-15+,25-21+. The fraction of sp³-hybridized carbons (Fsp3) is 0.318. The van der Waals surface area contributed by atoms with Crippen LogP contribution in [0, 0.1) is 12.7 Å². The molecule has 160 valence electrons. The van der Waals surface area contributed by atoms with Crippen molar-refractivity contribution in [2.24, 2.45) is 10.3 Å². The van der Waals surface area contributed by atoms with Crippen LogP contribution in [0.3, 0.4) is 0 Å². The van der Waals surface area contributed by atoms with Crippen molar-refractivity contribution in [3.05, 3.63) is 64.5 Å². The Bertz CT molecular complexity index is 957. The topological polar surface area (TPSA) is 78.7 Å². The first-order valence-electron chi connectivity index (χ1n) is 9.30. The normalized spacial score (nSPS) is 11.8. The van der Waals surface area contributed by atoms with E-state index in [9.17, 15) is 9.18 Å². The lowest BCUT2D eigenvalue weighted by atomic mass is 9.99. The fourth-order valence-corrected chi connectivity index (χ4v) is 2.81. The minimum Gasteiger partial charge on any atom is -0.493 e. The molecule has 0 aliphatic carbocycles. The number of halogens is 1. The zero-order valence-corrected chi connectivity index (χ0v) is 17.7. The zero-order valence-electron chi connectivity index (χ0n) is 17.7. The Morgan fingerprint density at radius 1 is 1.10 bits per heavy atom. The molecule has 0 unspecified atom stereocenters. The van der Waals surface area contributed by atoms with Crippen molar-refractivity contribution in [3.8, 4) is 5.75 Å². The van der Waals surface area contributed by atoms with Gasteiger partial charge in [0.25, 0.3) is 0 Å². The summed E-state index contributed by atoms with van der Waals surface area (Å²) in [6.45, 7) is 5.91. The molecule has 0 saturated carbocycles. The molecular weight excluding hydrogens is 391 g/mol. The monoisotopic (exact) mass is 416 g/mol. The molecule has 0 aliphatic rings. The van der Waals surface area contributed by atoms with Crippen molar-refractivity contribution in [1.29, 1.82) is 0 Å². The summed E-state index contributed by atoms with van der Waals surface area (Å²) < 4.78 is 23.8. The first kappa shape index (κ1) is 22.9. The van der Waals surface area contributed by atoms with Gasteiger partial charge in [0.05, 0.1) is 19.4 Å². The average molecular weight is 416 g/mol. The molecule has 0 bridgehead atoms. The smallest absolute Gasteiger partial charge is 0.360 e. The van der Waals surface area contributed by atoms with Crippen LogP contribution in [0.25, 0.3) is 0 Å². The molecule has 0 amide bonds. The second-order valence-electron chi connectivity index (χ2n) is 6.24. The summed E-state index contributed by atoms with van der Waals surface area (Å²) >= 11 is 0. The van der Waals surface area contributed by atoms with E-state index in [2.05, 4.69) is 10.3 Å². The third-order valence-corrected chi connectivity index (χ3v) is 4.27. The molecule has 0 aliphatic heterocycles. The average Bonchev–Trinajstić information content (AvgIpc) is 2.73. The van der Waals surface area contributed by atoms with E-state index in [-0.39, 0.29) is 12.3 Å². The predicted octanol–water partition coefficient (Wildman–Crippen LogP) is 4.00. The first-order valence-corrected chi connectivity index (χ1v) is 9.30. The lowest BCUT2D eigenvalue weighted by Gasteiger charge is -2.13. The highest BCUT2D eigenvalue weighted by atomic mass is 19.1. The predicted molar refractivity (Wildman–Crippen MR) is 111 cm³/mol. The molecule has 0 heterocycles. The molecule has 2 aromatic rings. The first-order chi connectivity index (χ1) is 14.4. The number of oxime groups is 2. The van der Waals surface area contributed by atoms with Crippen LogP contribution in [-0.2, 0) is 25.8 Å². The van der Waals surface area contributed by atoms with Crippen LogP contribution in [0.5, 0.6) is 5.75 Å². The van der Waals surface area contributed by atoms with E-state index in [1.807, 2.05) is 19.9 Å². The quantitative estimate of drug-likeness (QED) is 0.351. The lowest BCUT2D eigenvalue weighted by molar-refractivity contribution is -0.132. The third kappa shape index (κ3) is 5.56. The summed E-state index contributed by atoms with van der Waals surface area (Å²) in [5, 5.41) is 7.94. The molecule has 0 spiro atoms. The largest absolute Gasteiger partial charge is 0.493 e. The van der Waals surface area contributed by atoms with Gasteiger partial charge in [0.2, 0.25) is 0 Å². The molecule has 2 rings (SSSR count). The van der Waals surface area contributed by atoms with Gasteiger partial charge in [0, 0.05) is 22.8 Å². The van der Waals surface area contributed by atoms with Crippen LogP contribution in [0.15, 0.2) is 46.7 Å². The van der Waals surface area contributed by atoms with Gasteiger partial charge in [0.1, 0.15) is 25.3 Å². The molecule has 0 radical (unpaired) electrons. The molecule has 0 saturated heterocycles. The van der Waals surface area contributed by atoms with E-state index < -0.39 is 11.8 Å². The number of benzene rings is 2. The molecule has 2 aromatic carbocycles. The van der Waals surface area contributed by atoms with Crippen molar-refractivity contribution in [1.82, 2.24) is 0 Å². The van der Waals surface area contributed by atoms with E-state index in [1.165, 1.54) is 26.4 Å². The summed E-state index contributed by atoms with van der Waals surface area (Å²) in [5.74, 6) is -0.636. The lowest BCUT2D eigenvalue weighted by Crippen LogP contribution is -2.20. The van der Waals surface area contributed by atoms with E-state index in [4.69, 9.17) is 19.1 Å². The second-order valence-corrected chi connectivity index (χ2v) is 6.24. The third-order valence-electron chi connectivity index (χ3n) is 4.27. The van der Waals surface area contributed by atoms with Gasteiger partial charge in [-0.1, -0.05) is 28.5 Å². The highest BCUT2D eigenvalue weighted by Crippen LogP contribution is 2.22. The number of carbonyl (C=O) groups excluding carboxylic acids is 1. The molecular formula is C22H25FN2O5. The number of hydrogen-bond donors (Lipinski definition) is 0. The molecule has 0 N–H and O–H groups in total. The van der Waals surface area contributed by atoms with Gasteiger partial charge < -0.3 is 19.1 Å². The Balaban J connectivity index is 2.30. The SMILES string of the molecule is CCOc1cc(F)ccc1/C(C)=N/OCc1c(C)cccc1/C(=N\OC)C(=O)OC. The van der Waals surface area contributed by atoms with Gasteiger partial charge in [-0.25, -0.2) is 9.18 Å². The zero-order chi connectivity index (χ0) is 22.1. The van der Waals surface area contributed by atoms with Gasteiger partial charge >= 0.3 is 5.97 Å². The van der Waals surface area contributed by atoms with Gasteiger partial charge in [-0.3, -0.25) is 0 Å². The van der Waals surface area contributed by atoms with E-state index >= 15 is 0 Å². The van der Waals surface area contributed by atoms with Crippen LogP contribution in [0.1, 0.15) is 36.1 Å². The van der Waals surface area contributed by atoms with Crippen LogP contribution >= 0.6 is 0 Å². The second kappa shape index (κ2) is 10.9. The van der Waals surface area contributed by atoms with Crippen LogP contribution in [0.4, 0.5) is 4.39 Å². The summed E-state index contributed by atoms with van der Waals surface area (Å²) in [6, 6.07) is 9.63. The summed E-state index contributed by atoms with van der Waals surface area (Å²) in [4.78, 5) is 22.5. The number of nitrogens with zero attached hydrogens (tertiary/aromatic N) is 2. The van der Waals surface area contributed by atoms with Crippen molar-refractivity contribution in [2.45, 2.75) is 27.4 Å². The Labute approximate surface area is 175 Å². The molecule has 0 atom stereocenters. The number of ether oxygens (including phenoxy) is 2. The van der Waals surface area contributed by atoms with Gasteiger partial charge in [-0.15, -0.1) is 0 Å². The fourth-order valence-electron chi connectivity index (χ4n) is 2.81. The van der Waals surface area contributed by atoms with Crippen molar-refractivity contribution >= 4 is 17.4 Å². The summed E-state index contributed by atoms with van der Waals surface area (Å²) in [6.07, 6.45) is 0. The Morgan fingerprint density at radius 3 is 2.53 bits per heavy atom. The molecule has 0 fully saturated rings. The van der Waals surface area contributed by atoms with Crippen LogP contribution in [0.2, 0.25) is 0 Å². The minimum atomic E-state index is -0.629. The highest BCUT2D eigenvalue weighted by Gasteiger charge is 2.20. The van der Waals surface area contributed by atoms with Gasteiger partial charge in [-0.2, -0.15) is 0 Å². The molecule has 0 aromatic heterocycles. The van der Waals surface area contributed by atoms with Crippen molar-refractivity contribution in [3.63, 3.8) is 0 Å². The number of methoxy groups -OCH3 is 1. The minimum absolute atomic E-state index is 0.0279. The van der Waals surface area contributed by atoms with Gasteiger partial charge in [0.15, 0.2) is 5.71 Å². The van der Waals surface area contributed by atoms with Crippen LogP contribution in [-0.4, -0.2) is 38.2 Å². The maximum Gasteiger partial charge on any atom is 0.360 e. The molecule has 7 nitrogen and oxygen atoms in total. The van der Waals surface area contributed by atoms with E-state index in [1.54, 1.807) is 25.1 Å². The summed E-state index contributed by atoms with van der Waals surface area (Å²) in [5.41, 5.74) is 3.28. The Morgan fingerprint density at radius 2 is 1.87 bits per heavy atom. The summed E-state index contributed by atoms with van der Waals surface area (Å²) in [7, 11) is 2.62. The Kier molecular flexibility index (Phi) is 8.34. The number of aryl methyl sites for hydroxylation is 1. The van der Waals surface area contributed by atoms with E-state index in [0.29, 0.717) is 34.8 Å². The Hall–Kier alpha value is -3.42. The number of hydrogen-bond acceptors (Lipinski definition) is 7. The van der Waals surface area contributed by atoms with Gasteiger partial charge in [-0.05, 0) is 38.5 Å². The number of rotatable bonds is 9. The number of esters is 1.